The Kier molecular flexibility index (Phi) is 6.72. The summed E-state index contributed by atoms with van der Waals surface area (Å²) < 4.78 is 30.8. The Morgan fingerprint density at radius 1 is 1.27 bits per heavy atom. The van der Waals surface area contributed by atoms with Crippen LogP contribution in [-0.2, 0) is 26.0 Å². The lowest BCUT2D eigenvalue weighted by Gasteiger charge is -2.22. The van der Waals surface area contributed by atoms with Crippen LogP contribution in [0.25, 0.3) is 0 Å². The minimum atomic E-state index is -3.70. The molecule has 7 nitrogen and oxygen atoms in total. The number of hydrogen-bond donors (Lipinski definition) is 2. The molecule has 1 aliphatic rings. The van der Waals surface area contributed by atoms with Gasteiger partial charge in [-0.2, -0.15) is 0 Å². The summed E-state index contributed by atoms with van der Waals surface area (Å²) in [5, 5.41) is 5.27. The van der Waals surface area contributed by atoms with E-state index in [0.717, 1.165) is 10.5 Å². The Balaban J connectivity index is 1.65. The van der Waals surface area contributed by atoms with E-state index in [9.17, 15) is 18.0 Å². The zero-order valence-electron chi connectivity index (χ0n) is 17.0. The van der Waals surface area contributed by atoms with Gasteiger partial charge in [-0.25, -0.2) is 8.42 Å². The van der Waals surface area contributed by atoms with Crippen molar-refractivity contribution in [3.63, 3.8) is 0 Å². The Hall–Kier alpha value is -2.52. The zero-order valence-corrected chi connectivity index (χ0v) is 18.6. The second-order valence-electron chi connectivity index (χ2n) is 7.16. The van der Waals surface area contributed by atoms with Crippen molar-refractivity contribution in [1.82, 2.24) is 5.32 Å². The first-order valence-corrected chi connectivity index (χ1v) is 12.0. The summed E-state index contributed by atoms with van der Waals surface area (Å²) in [7, 11) is -2.14. The molecule has 0 unspecified atom stereocenters. The number of ether oxygens (including phenoxy) is 1. The van der Waals surface area contributed by atoms with Gasteiger partial charge in [0, 0.05) is 17.4 Å². The Morgan fingerprint density at radius 3 is 2.77 bits per heavy atom. The van der Waals surface area contributed by atoms with E-state index in [-0.39, 0.29) is 34.3 Å². The molecule has 0 saturated carbocycles. The maximum absolute atomic E-state index is 12.8. The molecule has 2 aromatic rings. The summed E-state index contributed by atoms with van der Waals surface area (Å²) in [5.74, 6) is -0.887. The predicted octanol–water partition coefficient (Wildman–Crippen LogP) is 2.85. The monoisotopic (exact) mass is 448 g/mol. The maximum atomic E-state index is 12.8. The quantitative estimate of drug-likeness (QED) is 0.675. The van der Waals surface area contributed by atoms with Gasteiger partial charge in [0.2, 0.25) is 11.8 Å². The SMILES string of the molecule is COc1cccc(CNC(=O)[C@@H](C)CS(=O)(=O)c2ccc3c(c2)NC(=O)[C@@H](C)S3)c1. The highest BCUT2D eigenvalue weighted by molar-refractivity contribution is 8.01. The molecule has 0 aliphatic carbocycles. The third-order valence-electron chi connectivity index (χ3n) is 4.76. The minimum Gasteiger partial charge on any atom is -0.497 e. The lowest BCUT2D eigenvalue weighted by Crippen LogP contribution is -2.33. The molecule has 0 fully saturated rings. The van der Waals surface area contributed by atoms with E-state index in [4.69, 9.17) is 4.74 Å². The summed E-state index contributed by atoms with van der Waals surface area (Å²) in [6, 6.07) is 12.0. The second kappa shape index (κ2) is 9.09. The molecule has 0 spiro atoms. The first kappa shape index (κ1) is 22.2. The van der Waals surface area contributed by atoms with Crippen LogP contribution in [0.4, 0.5) is 5.69 Å². The van der Waals surface area contributed by atoms with Crippen molar-refractivity contribution < 1.29 is 22.7 Å². The van der Waals surface area contributed by atoms with Crippen molar-refractivity contribution in [3.8, 4) is 5.75 Å². The van der Waals surface area contributed by atoms with Gasteiger partial charge >= 0.3 is 0 Å². The summed E-state index contributed by atoms with van der Waals surface area (Å²) in [6.07, 6.45) is 0. The number of amides is 2. The van der Waals surface area contributed by atoms with Gasteiger partial charge in [0.05, 0.1) is 28.7 Å². The highest BCUT2D eigenvalue weighted by Gasteiger charge is 2.27. The van der Waals surface area contributed by atoms with E-state index < -0.39 is 15.8 Å². The number of carbonyl (C=O) groups excluding carboxylic acids is 2. The van der Waals surface area contributed by atoms with Crippen LogP contribution in [0.2, 0.25) is 0 Å². The lowest BCUT2D eigenvalue weighted by molar-refractivity contribution is -0.124. The normalized spacial score (nSPS) is 16.9. The van der Waals surface area contributed by atoms with Gasteiger partial charge in [-0.15, -0.1) is 11.8 Å². The van der Waals surface area contributed by atoms with E-state index in [1.54, 1.807) is 33.1 Å². The van der Waals surface area contributed by atoms with Crippen molar-refractivity contribution in [2.45, 2.75) is 35.4 Å². The molecule has 2 N–H and O–H groups in total. The molecule has 2 atom stereocenters. The van der Waals surface area contributed by atoms with E-state index in [1.165, 1.54) is 23.9 Å². The number of nitrogens with one attached hydrogen (secondary N) is 2. The number of carbonyl (C=O) groups is 2. The first-order chi connectivity index (χ1) is 14.2. The van der Waals surface area contributed by atoms with E-state index in [1.807, 2.05) is 18.2 Å². The highest BCUT2D eigenvalue weighted by Crippen LogP contribution is 2.37. The number of thioether (sulfide) groups is 1. The standard InChI is InChI=1S/C21H24N2O5S2/c1-13(20(24)22-11-15-5-4-6-16(9-15)28-3)12-30(26,27)17-7-8-19-18(10-17)23-21(25)14(2)29-19/h4-10,13-14H,11-12H2,1-3H3,(H,22,24)(H,23,25)/t13-,14+/m0/s1. The molecule has 0 saturated heterocycles. The number of methoxy groups -OCH3 is 1. The average molecular weight is 449 g/mol. The van der Waals surface area contributed by atoms with E-state index in [2.05, 4.69) is 10.6 Å². The molecule has 0 bridgehead atoms. The zero-order chi connectivity index (χ0) is 21.9. The fraction of sp³-hybridized carbons (Fsp3) is 0.333. The average Bonchev–Trinajstić information content (AvgIpc) is 2.72. The number of fused-ring (bicyclic) bond motifs is 1. The van der Waals surface area contributed by atoms with Crippen LogP contribution in [0.15, 0.2) is 52.3 Å². The second-order valence-corrected chi connectivity index (χ2v) is 10.6. The summed E-state index contributed by atoms with van der Waals surface area (Å²) in [4.78, 5) is 25.2. The molecule has 1 aliphatic heterocycles. The van der Waals surface area contributed by atoms with Gasteiger partial charge in [-0.3, -0.25) is 9.59 Å². The van der Waals surface area contributed by atoms with E-state index >= 15 is 0 Å². The fourth-order valence-corrected chi connectivity index (χ4v) is 5.53. The molecule has 0 radical (unpaired) electrons. The topological polar surface area (TPSA) is 102 Å². The van der Waals surface area contributed by atoms with Crippen molar-refractivity contribution >= 4 is 39.1 Å². The van der Waals surface area contributed by atoms with Crippen LogP contribution < -0.4 is 15.4 Å². The smallest absolute Gasteiger partial charge is 0.237 e. The fourth-order valence-electron chi connectivity index (χ4n) is 3.03. The predicted molar refractivity (Wildman–Crippen MR) is 116 cm³/mol. The lowest BCUT2D eigenvalue weighted by atomic mass is 10.2. The van der Waals surface area contributed by atoms with Crippen LogP contribution in [0.5, 0.6) is 5.75 Å². The number of hydrogen-bond acceptors (Lipinski definition) is 6. The molecule has 0 aromatic heterocycles. The Labute approximate surface area is 180 Å². The summed E-state index contributed by atoms with van der Waals surface area (Å²) >= 11 is 1.39. The molecule has 2 amide bonds. The van der Waals surface area contributed by atoms with Gasteiger partial charge in [0.15, 0.2) is 9.84 Å². The molecular weight excluding hydrogens is 424 g/mol. The van der Waals surface area contributed by atoms with Gasteiger partial charge in [0.1, 0.15) is 5.75 Å². The van der Waals surface area contributed by atoms with Gasteiger partial charge < -0.3 is 15.4 Å². The van der Waals surface area contributed by atoms with Gasteiger partial charge in [-0.05, 0) is 42.8 Å². The molecule has 30 heavy (non-hydrogen) atoms. The molecule has 1 heterocycles. The molecule has 160 valence electrons. The summed E-state index contributed by atoms with van der Waals surface area (Å²) in [6.45, 7) is 3.65. The van der Waals surface area contributed by atoms with Crippen molar-refractivity contribution in [2.75, 3.05) is 18.2 Å². The van der Waals surface area contributed by atoms with Crippen LogP contribution in [0.3, 0.4) is 0 Å². The number of rotatable bonds is 7. The maximum Gasteiger partial charge on any atom is 0.237 e. The first-order valence-electron chi connectivity index (χ1n) is 9.44. The minimum absolute atomic E-state index is 0.0872. The molecule has 9 heteroatoms. The molecule has 2 aromatic carbocycles. The Bertz CT molecular complexity index is 1070. The number of benzene rings is 2. The molecular formula is C21H24N2O5S2. The van der Waals surface area contributed by atoms with Crippen molar-refractivity contribution in [2.24, 2.45) is 5.92 Å². The van der Waals surface area contributed by atoms with Crippen molar-refractivity contribution in [3.05, 3.63) is 48.0 Å². The van der Waals surface area contributed by atoms with Crippen molar-refractivity contribution in [1.29, 1.82) is 0 Å². The largest absolute Gasteiger partial charge is 0.497 e. The third kappa shape index (κ3) is 5.14. The Morgan fingerprint density at radius 2 is 2.03 bits per heavy atom. The number of sulfone groups is 1. The summed E-state index contributed by atoms with van der Waals surface area (Å²) in [5.41, 5.74) is 1.34. The van der Waals surface area contributed by atoms with Crippen LogP contribution >= 0.6 is 11.8 Å². The van der Waals surface area contributed by atoms with Crippen LogP contribution in [-0.4, -0.2) is 38.3 Å². The van der Waals surface area contributed by atoms with Crippen LogP contribution in [0.1, 0.15) is 19.4 Å². The number of anilines is 1. The van der Waals surface area contributed by atoms with Gasteiger partial charge in [0.25, 0.3) is 0 Å². The molecule has 3 rings (SSSR count). The highest BCUT2D eigenvalue weighted by atomic mass is 32.2. The van der Waals surface area contributed by atoms with Crippen LogP contribution in [0, 0.1) is 5.92 Å². The third-order valence-corrected chi connectivity index (χ3v) is 7.85. The van der Waals surface area contributed by atoms with Gasteiger partial charge in [-0.1, -0.05) is 19.1 Å². The van der Waals surface area contributed by atoms with E-state index in [0.29, 0.717) is 11.4 Å².